The fourth-order valence-electron chi connectivity index (χ4n) is 3.52. The van der Waals surface area contributed by atoms with Gasteiger partial charge >= 0.3 is 0 Å². The maximum Gasteiger partial charge on any atom is 0.244 e. The van der Waals surface area contributed by atoms with Gasteiger partial charge in [0.1, 0.15) is 22.8 Å². The number of carbonyl (C=O) groups is 1. The normalized spacial score (nSPS) is 11.5. The SMILES string of the molecule is CCOc1c(/C(C)=C/C(=O)NC)cc2c(-c3cc(OC)ccc3OC)coc2c1C. The first-order valence-electron chi connectivity index (χ1n) is 9.75. The molecule has 6 nitrogen and oxygen atoms in total. The highest BCUT2D eigenvalue weighted by atomic mass is 16.5. The molecule has 0 aliphatic carbocycles. The lowest BCUT2D eigenvalue weighted by atomic mass is 9.96. The topological polar surface area (TPSA) is 69.9 Å². The zero-order chi connectivity index (χ0) is 21.8. The van der Waals surface area contributed by atoms with E-state index in [1.54, 1.807) is 33.6 Å². The van der Waals surface area contributed by atoms with E-state index in [1.165, 1.54) is 0 Å². The summed E-state index contributed by atoms with van der Waals surface area (Å²) in [5.41, 5.74) is 4.98. The van der Waals surface area contributed by atoms with Crippen molar-refractivity contribution in [2.75, 3.05) is 27.9 Å². The van der Waals surface area contributed by atoms with Gasteiger partial charge < -0.3 is 23.9 Å². The second-order valence-electron chi connectivity index (χ2n) is 6.85. The van der Waals surface area contributed by atoms with Gasteiger partial charge in [-0.2, -0.15) is 0 Å². The van der Waals surface area contributed by atoms with Crippen LogP contribution in [-0.2, 0) is 4.79 Å². The highest BCUT2D eigenvalue weighted by Crippen LogP contribution is 2.43. The smallest absolute Gasteiger partial charge is 0.244 e. The van der Waals surface area contributed by atoms with Crippen LogP contribution in [0.15, 0.2) is 41.0 Å². The Morgan fingerprint density at radius 3 is 2.57 bits per heavy atom. The molecule has 1 amide bonds. The van der Waals surface area contributed by atoms with E-state index in [0.29, 0.717) is 18.1 Å². The summed E-state index contributed by atoms with van der Waals surface area (Å²) in [7, 11) is 4.86. The van der Waals surface area contributed by atoms with E-state index in [2.05, 4.69) is 5.32 Å². The first-order valence-corrected chi connectivity index (χ1v) is 9.75. The second-order valence-corrected chi connectivity index (χ2v) is 6.85. The highest BCUT2D eigenvalue weighted by molar-refractivity contribution is 6.02. The summed E-state index contributed by atoms with van der Waals surface area (Å²) in [5.74, 6) is 1.97. The molecule has 0 unspecified atom stereocenters. The summed E-state index contributed by atoms with van der Waals surface area (Å²) >= 11 is 0. The number of hydrogen-bond acceptors (Lipinski definition) is 5. The molecule has 0 atom stereocenters. The minimum Gasteiger partial charge on any atom is -0.497 e. The van der Waals surface area contributed by atoms with E-state index in [-0.39, 0.29) is 5.91 Å². The number of likely N-dealkylation sites (N-methyl/N-ethyl adjacent to an activating group) is 1. The summed E-state index contributed by atoms with van der Waals surface area (Å²) in [5, 5.41) is 3.53. The third kappa shape index (κ3) is 3.85. The van der Waals surface area contributed by atoms with Crippen LogP contribution in [0, 0.1) is 6.92 Å². The van der Waals surface area contributed by atoms with Crippen LogP contribution in [0.25, 0.3) is 27.7 Å². The fraction of sp³-hybridized carbons (Fsp3) is 0.292. The predicted octanol–water partition coefficient (Wildman–Crippen LogP) is 4.97. The van der Waals surface area contributed by atoms with E-state index in [0.717, 1.165) is 44.5 Å². The number of ether oxygens (including phenoxy) is 3. The van der Waals surface area contributed by atoms with E-state index in [1.807, 2.05) is 45.0 Å². The average Bonchev–Trinajstić information content (AvgIpc) is 3.18. The molecule has 6 heteroatoms. The van der Waals surface area contributed by atoms with Crippen molar-refractivity contribution in [1.82, 2.24) is 5.32 Å². The van der Waals surface area contributed by atoms with E-state index in [4.69, 9.17) is 18.6 Å². The van der Waals surface area contributed by atoms with Gasteiger partial charge in [-0.3, -0.25) is 4.79 Å². The zero-order valence-corrected chi connectivity index (χ0v) is 18.2. The molecule has 3 aromatic rings. The minimum atomic E-state index is -0.172. The summed E-state index contributed by atoms with van der Waals surface area (Å²) < 4.78 is 22.9. The average molecular weight is 409 g/mol. The Kier molecular flexibility index (Phi) is 6.35. The van der Waals surface area contributed by atoms with Crippen molar-refractivity contribution in [2.24, 2.45) is 0 Å². The molecule has 0 saturated heterocycles. The van der Waals surface area contributed by atoms with Gasteiger partial charge in [0.25, 0.3) is 0 Å². The molecule has 0 aliphatic heterocycles. The zero-order valence-electron chi connectivity index (χ0n) is 18.2. The molecule has 158 valence electrons. The van der Waals surface area contributed by atoms with Crippen LogP contribution in [0.1, 0.15) is 25.0 Å². The largest absolute Gasteiger partial charge is 0.497 e. The highest BCUT2D eigenvalue weighted by Gasteiger charge is 2.21. The van der Waals surface area contributed by atoms with Crippen LogP contribution in [0.3, 0.4) is 0 Å². The van der Waals surface area contributed by atoms with Crippen LogP contribution in [0.4, 0.5) is 0 Å². The molecule has 30 heavy (non-hydrogen) atoms. The van der Waals surface area contributed by atoms with Crippen molar-refractivity contribution >= 4 is 22.4 Å². The van der Waals surface area contributed by atoms with Gasteiger partial charge in [-0.25, -0.2) is 0 Å². The summed E-state index contributed by atoms with van der Waals surface area (Å²) in [4.78, 5) is 11.9. The van der Waals surface area contributed by atoms with Crippen molar-refractivity contribution in [3.05, 3.63) is 47.7 Å². The molecule has 0 saturated carbocycles. The van der Waals surface area contributed by atoms with E-state index < -0.39 is 0 Å². The Balaban J connectivity index is 2.31. The van der Waals surface area contributed by atoms with Gasteiger partial charge in [-0.15, -0.1) is 0 Å². The molecule has 0 spiro atoms. The summed E-state index contributed by atoms with van der Waals surface area (Å²) in [6, 6.07) is 7.64. The molecular weight excluding hydrogens is 382 g/mol. The predicted molar refractivity (Wildman–Crippen MR) is 118 cm³/mol. The Bertz CT molecular complexity index is 1110. The number of hydrogen-bond donors (Lipinski definition) is 1. The number of carbonyl (C=O) groups excluding carboxylic acids is 1. The van der Waals surface area contributed by atoms with Gasteiger partial charge in [0.2, 0.25) is 5.91 Å². The number of furan rings is 1. The molecule has 1 heterocycles. The quantitative estimate of drug-likeness (QED) is 0.558. The molecule has 0 aliphatic rings. The Morgan fingerprint density at radius 1 is 1.17 bits per heavy atom. The maximum absolute atomic E-state index is 11.9. The van der Waals surface area contributed by atoms with Crippen molar-refractivity contribution in [3.63, 3.8) is 0 Å². The standard InChI is InChI=1S/C24H27NO5/c1-7-29-23-15(3)24-19(12-17(23)14(2)10-22(26)25-4)20(13-30-24)18-11-16(27-5)8-9-21(18)28-6/h8-13H,7H2,1-6H3,(H,25,26)/b14-10+. The van der Waals surface area contributed by atoms with Gasteiger partial charge in [0.15, 0.2) is 0 Å². The molecule has 0 fully saturated rings. The number of allylic oxidation sites excluding steroid dienone is 1. The Hall–Kier alpha value is -3.41. The molecule has 1 N–H and O–H groups in total. The Morgan fingerprint density at radius 2 is 1.93 bits per heavy atom. The number of aryl methyl sites for hydroxylation is 1. The second kappa shape index (κ2) is 8.95. The van der Waals surface area contributed by atoms with Crippen LogP contribution < -0.4 is 19.5 Å². The van der Waals surface area contributed by atoms with Crippen LogP contribution in [0.5, 0.6) is 17.2 Å². The van der Waals surface area contributed by atoms with Gasteiger partial charge in [0.05, 0.1) is 27.1 Å². The van der Waals surface area contributed by atoms with Crippen molar-refractivity contribution < 1.29 is 23.4 Å². The summed E-state index contributed by atoms with van der Waals surface area (Å²) in [6.07, 6.45) is 3.28. The summed E-state index contributed by atoms with van der Waals surface area (Å²) in [6.45, 7) is 6.29. The minimum absolute atomic E-state index is 0.172. The van der Waals surface area contributed by atoms with Gasteiger partial charge in [-0.05, 0) is 50.6 Å². The molecule has 0 bridgehead atoms. The molecule has 0 radical (unpaired) electrons. The number of benzene rings is 2. The first kappa shape index (κ1) is 21.3. The molecule has 1 aromatic heterocycles. The number of amides is 1. The number of fused-ring (bicyclic) bond motifs is 1. The Labute approximate surface area is 176 Å². The number of nitrogens with one attached hydrogen (secondary N) is 1. The first-order chi connectivity index (χ1) is 14.4. The van der Waals surface area contributed by atoms with E-state index >= 15 is 0 Å². The lowest BCUT2D eigenvalue weighted by Crippen LogP contribution is -2.14. The molecular formula is C24H27NO5. The third-order valence-electron chi connectivity index (χ3n) is 5.05. The maximum atomic E-state index is 11.9. The number of rotatable bonds is 7. The lowest BCUT2D eigenvalue weighted by molar-refractivity contribution is -0.116. The van der Waals surface area contributed by atoms with Crippen molar-refractivity contribution in [2.45, 2.75) is 20.8 Å². The van der Waals surface area contributed by atoms with E-state index in [9.17, 15) is 4.79 Å². The molecule has 3 rings (SSSR count). The van der Waals surface area contributed by atoms with Crippen molar-refractivity contribution in [3.8, 4) is 28.4 Å². The fourth-order valence-corrected chi connectivity index (χ4v) is 3.52. The number of methoxy groups -OCH3 is 2. The van der Waals surface area contributed by atoms with Crippen molar-refractivity contribution in [1.29, 1.82) is 0 Å². The molecule has 2 aromatic carbocycles. The van der Waals surface area contributed by atoms with Gasteiger partial charge in [0, 0.05) is 40.8 Å². The lowest BCUT2D eigenvalue weighted by Gasteiger charge is -2.15. The van der Waals surface area contributed by atoms with Crippen LogP contribution in [-0.4, -0.2) is 33.8 Å². The monoisotopic (exact) mass is 409 g/mol. The van der Waals surface area contributed by atoms with Gasteiger partial charge in [-0.1, -0.05) is 0 Å². The third-order valence-corrected chi connectivity index (χ3v) is 5.05. The van der Waals surface area contributed by atoms with Crippen LogP contribution >= 0.6 is 0 Å². The van der Waals surface area contributed by atoms with Crippen LogP contribution in [0.2, 0.25) is 0 Å².